The van der Waals surface area contributed by atoms with Gasteiger partial charge in [0.1, 0.15) is 34.5 Å². The van der Waals surface area contributed by atoms with E-state index < -0.39 is 5.91 Å². The highest BCUT2D eigenvalue weighted by atomic mass is 16.2. The molecule has 17 nitrogen and oxygen atoms in total. The monoisotopic (exact) mass is 830 g/mol. The summed E-state index contributed by atoms with van der Waals surface area (Å²) in [7, 11) is 7.82. The predicted molar refractivity (Wildman–Crippen MR) is 237 cm³/mol. The van der Waals surface area contributed by atoms with Crippen molar-refractivity contribution in [3.8, 4) is 11.1 Å². The van der Waals surface area contributed by atoms with E-state index in [9.17, 15) is 14.4 Å². The summed E-state index contributed by atoms with van der Waals surface area (Å²) in [5.74, 6) is 1.16. The quantitative estimate of drug-likeness (QED) is 0.0875. The molecule has 0 aliphatic carbocycles. The zero-order valence-electron chi connectivity index (χ0n) is 36.0. The number of likely N-dealkylation sites (N-methyl/N-ethyl adjacent to an activating group) is 1. The highest BCUT2D eigenvalue weighted by Crippen LogP contribution is 2.48. The number of amides is 2. The third kappa shape index (κ3) is 9.37. The standard InChI is InChI=1S/C39H47N13O3.C5H11N/c1-22-16-33(48-37(44-22)24-12-14-49(4)15-13-24)47-32(40)17-31(34(41)38(54)42-3)46-29-10-7-9-27-28-18-43-52(35(28)23(2)50(5)36(27)29)26-19-51(20-26)39(55)30-11-6-8-25(21-53)45-30;1-6-4-2-3-5-6/h6-11,16-18,21,23-24,26,46H,12-15,19-20,40-41H2,1-5H3,(H,42,54)(H,44,47,48);2-5H2,1H3/b32-17+,34-31+;. The van der Waals surface area contributed by atoms with Gasteiger partial charge in [-0.2, -0.15) is 5.10 Å². The highest BCUT2D eigenvalue weighted by molar-refractivity contribution is 5.96. The lowest BCUT2D eigenvalue weighted by molar-refractivity contribution is -0.117. The highest BCUT2D eigenvalue weighted by Gasteiger charge is 2.39. The first-order valence-electron chi connectivity index (χ1n) is 21.0. The van der Waals surface area contributed by atoms with Gasteiger partial charge in [0.15, 0.2) is 6.29 Å². The van der Waals surface area contributed by atoms with E-state index in [0.717, 1.165) is 60.0 Å². The van der Waals surface area contributed by atoms with Crippen LogP contribution in [-0.2, 0) is 4.79 Å². The molecule has 0 bridgehead atoms. The van der Waals surface area contributed by atoms with Crippen molar-refractivity contribution in [2.24, 2.45) is 11.5 Å². The van der Waals surface area contributed by atoms with Crippen LogP contribution in [0, 0.1) is 6.92 Å². The molecule has 3 fully saturated rings. The Bertz CT molecular complexity index is 2320. The molecule has 1 atom stereocenters. The number of aldehydes is 1. The number of nitrogens with zero attached hydrogens (tertiary/aromatic N) is 9. The Morgan fingerprint density at radius 1 is 0.885 bits per heavy atom. The Labute approximate surface area is 357 Å². The number of hydrogen-bond acceptors (Lipinski definition) is 14. The minimum atomic E-state index is -0.468. The van der Waals surface area contributed by atoms with Crippen LogP contribution in [0.5, 0.6) is 0 Å². The molecule has 8 rings (SSSR count). The number of fused-ring (bicyclic) bond motifs is 3. The first-order valence-corrected chi connectivity index (χ1v) is 21.0. The summed E-state index contributed by atoms with van der Waals surface area (Å²) in [6, 6.07) is 12.4. The molecule has 61 heavy (non-hydrogen) atoms. The van der Waals surface area contributed by atoms with Crippen molar-refractivity contribution in [2.75, 3.05) is 83.0 Å². The van der Waals surface area contributed by atoms with Gasteiger partial charge in [-0.1, -0.05) is 18.2 Å². The molecule has 322 valence electrons. The molecular formula is C44H58N14O3. The van der Waals surface area contributed by atoms with E-state index >= 15 is 0 Å². The number of anilines is 3. The number of hydrogen-bond donors (Lipinski definition) is 5. The Kier molecular flexibility index (Phi) is 13.0. The molecule has 3 aromatic heterocycles. The average Bonchev–Trinajstić information content (AvgIpc) is 3.91. The van der Waals surface area contributed by atoms with E-state index in [1.165, 1.54) is 33.0 Å². The molecule has 4 aromatic rings. The van der Waals surface area contributed by atoms with E-state index in [4.69, 9.17) is 26.5 Å². The number of para-hydroxylation sites is 1. The summed E-state index contributed by atoms with van der Waals surface area (Å²) in [6.45, 7) is 9.60. The molecule has 1 unspecified atom stereocenters. The van der Waals surface area contributed by atoms with Gasteiger partial charge in [0.2, 0.25) is 0 Å². The first kappa shape index (κ1) is 42.8. The number of aromatic nitrogens is 5. The van der Waals surface area contributed by atoms with Gasteiger partial charge in [0.05, 0.1) is 41.0 Å². The topological polar surface area (TPSA) is 209 Å². The zero-order valence-corrected chi connectivity index (χ0v) is 36.0. The number of carbonyl (C=O) groups excluding carboxylic acids is 3. The maximum atomic E-state index is 13.1. The number of aryl methyl sites for hydroxylation is 1. The molecule has 0 radical (unpaired) electrons. The van der Waals surface area contributed by atoms with Gasteiger partial charge in [-0.05, 0) is 98.0 Å². The van der Waals surface area contributed by atoms with Gasteiger partial charge in [-0.3, -0.25) is 19.1 Å². The number of carbonyl (C=O) groups is 3. The molecule has 0 spiro atoms. The van der Waals surface area contributed by atoms with Crippen LogP contribution in [0.4, 0.5) is 17.2 Å². The van der Waals surface area contributed by atoms with Crippen molar-refractivity contribution in [1.29, 1.82) is 0 Å². The number of allylic oxidation sites excluding steroid dienone is 1. The first-order chi connectivity index (χ1) is 29.3. The van der Waals surface area contributed by atoms with Gasteiger partial charge in [-0.25, -0.2) is 15.0 Å². The molecular weight excluding hydrogens is 773 g/mol. The Balaban J connectivity index is 0.000000861. The summed E-state index contributed by atoms with van der Waals surface area (Å²) in [5.41, 5.74) is 19.1. The minimum absolute atomic E-state index is 0.0257. The summed E-state index contributed by atoms with van der Waals surface area (Å²) in [5, 5.41) is 14.0. The molecule has 4 aliphatic heterocycles. The van der Waals surface area contributed by atoms with Crippen LogP contribution < -0.4 is 32.3 Å². The van der Waals surface area contributed by atoms with Crippen LogP contribution in [0.2, 0.25) is 0 Å². The van der Waals surface area contributed by atoms with Crippen LogP contribution in [0.15, 0.2) is 72.0 Å². The van der Waals surface area contributed by atoms with E-state index in [0.29, 0.717) is 36.6 Å². The number of rotatable bonds is 10. The van der Waals surface area contributed by atoms with Crippen molar-refractivity contribution in [1.82, 2.24) is 44.7 Å². The third-order valence-electron chi connectivity index (χ3n) is 12.0. The van der Waals surface area contributed by atoms with Crippen molar-refractivity contribution in [2.45, 2.75) is 57.5 Å². The molecule has 7 heterocycles. The summed E-state index contributed by atoms with van der Waals surface area (Å²) >= 11 is 0. The van der Waals surface area contributed by atoms with Crippen LogP contribution in [0.25, 0.3) is 11.1 Å². The van der Waals surface area contributed by atoms with E-state index in [-0.39, 0.29) is 46.8 Å². The summed E-state index contributed by atoms with van der Waals surface area (Å²) < 4.78 is 2.01. The van der Waals surface area contributed by atoms with E-state index in [1.54, 1.807) is 29.2 Å². The van der Waals surface area contributed by atoms with Gasteiger partial charge >= 0.3 is 0 Å². The lowest BCUT2D eigenvalue weighted by Crippen LogP contribution is -2.52. The van der Waals surface area contributed by atoms with Gasteiger partial charge in [0, 0.05) is 62.1 Å². The molecule has 7 N–H and O–H groups in total. The van der Waals surface area contributed by atoms with Crippen molar-refractivity contribution in [3.05, 3.63) is 101 Å². The normalized spacial score (nSPS) is 18.9. The molecule has 2 amide bonds. The van der Waals surface area contributed by atoms with Crippen molar-refractivity contribution < 1.29 is 14.4 Å². The van der Waals surface area contributed by atoms with E-state index in [2.05, 4.69) is 56.7 Å². The largest absolute Gasteiger partial charge is 0.393 e. The molecule has 1 aromatic carbocycles. The Morgan fingerprint density at radius 2 is 1.59 bits per heavy atom. The van der Waals surface area contributed by atoms with Crippen LogP contribution in [0.1, 0.15) is 88.8 Å². The van der Waals surface area contributed by atoms with Gasteiger partial charge < -0.3 is 47.0 Å². The third-order valence-corrected chi connectivity index (χ3v) is 12.0. The summed E-state index contributed by atoms with van der Waals surface area (Å²) in [6.07, 6.45) is 8.89. The van der Waals surface area contributed by atoms with Crippen LogP contribution in [0.3, 0.4) is 0 Å². The number of nitrogens with two attached hydrogens (primary N) is 2. The predicted octanol–water partition coefficient (Wildman–Crippen LogP) is 3.83. The van der Waals surface area contributed by atoms with Crippen molar-refractivity contribution >= 4 is 35.3 Å². The second kappa shape index (κ2) is 18.5. The summed E-state index contributed by atoms with van der Waals surface area (Å²) in [4.78, 5) is 59.4. The molecule has 17 heteroatoms. The van der Waals surface area contributed by atoms with Crippen molar-refractivity contribution in [3.63, 3.8) is 0 Å². The smallest absolute Gasteiger partial charge is 0.272 e. The number of likely N-dealkylation sites (tertiary alicyclic amines) is 3. The lowest BCUT2D eigenvalue weighted by atomic mass is 9.93. The Morgan fingerprint density at radius 3 is 2.26 bits per heavy atom. The van der Waals surface area contributed by atoms with Crippen LogP contribution >= 0.6 is 0 Å². The number of pyridine rings is 1. The fraction of sp³-hybridized carbons (Fsp3) is 0.432. The number of benzene rings is 1. The molecule has 4 aliphatic rings. The van der Waals surface area contributed by atoms with Crippen LogP contribution in [-0.4, -0.2) is 125 Å². The molecule has 3 saturated heterocycles. The van der Waals surface area contributed by atoms with E-state index in [1.807, 2.05) is 49.1 Å². The SMILES string of the molecule is CN1CCCC1.CNC(=O)/C(N)=C(/C=C(\N)Nc1cc(C)nc(C2CCN(C)CC2)n1)Nc1cccc2c1N(C)C(C)c1c-2cnn1C1CN(C(=O)c2cccc(C=O)n2)C1. The van der Waals surface area contributed by atoms with Gasteiger partial charge in [0.25, 0.3) is 11.8 Å². The minimum Gasteiger partial charge on any atom is -0.393 e. The maximum Gasteiger partial charge on any atom is 0.272 e. The Hall–Kier alpha value is -6.33. The molecule has 0 saturated carbocycles. The fourth-order valence-electron chi connectivity index (χ4n) is 8.38. The van der Waals surface area contributed by atoms with Gasteiger partial charge in [-0.15, -0.1) is 0 Å². The number of nitrogens with one attached hydrogen (secondary N) is 3. The average molecular weight is 831 g/mol. The second-order valence-electron chi connectivity index (χ2n) is 16.4. The fourth-order valence-corrected chi connectivity index (χ4v) is 8.38. The zero-order chi connectivity index (χ0) is 43.4. The maximum absolute atomic E-state index is 13.1. The second-order valence-corrected chi connectivity index (χ2v) is 16.4. The number of piperidine rings is 1. The lowest BCUT2D eigenvalue weighted by Gasteiger charge is -2.42.